The Bertz CT molecular complexity index is 488. The molecule has 0 aliphatic carbocycles. The van der Waals surface area contributed by atoms with Crippen molar-refractivity contribution in [2.45, 2.75) is 39.3 Å². The summed E-state index contributed by atoms with van der Waals surface area (Å²) in [5.74, 6) is 1.60. The van der Waals surface area contributed by atoms with Crippen molar-refractivity contribution in [1.29, 1.82) is 0 Å². The second kappa shape index (κ2) is 7.06. The van der Waals surface area contributed by atoms with E-state index < -0.39 is 5.60 Å². The highest BCUT2D eigenvalue weighted by atomic mass is 16.6. The predicted molar refractivity (Wildman–Crippen MR) is 82.2 cm³/mol. The zero-order valence-electron chi connectivity index (χ0n) is 13.6. The Morgan fingerprint density at radius 3 is 2.59 bits per heavy atom. The lowest BCUT2D eigenvalue weighted by molar-refractivity contribution is 0.0137. The van der Waals surface area contributed by atoms with Crippen LogP contribution in [0.2, 0.25) is 0 Å². The van der Waals surface area contributed by atoms with Crippen LogP contribution < -0.4 is 5.73 Å². The standard InChI is InChI=1S/C14H26N6O2/c1-14(2,3)22-13(21)20-8-6-19(7-9-20)10-12-16-11(4-5-15)17-18-12/h4-10,15H2,1-3H3,(H,16,17,18). The van der Waals surface area contributed by atoms with Gasteiger partial charge in [0.05, 0.1) is 6.54 Å². The van der Waals surface area contributed by atoms with Crippen LogP contribution in [-0.4, -0.2) is 69.4 Å². The highest BCUT2D eigenvalue weighted by molar-refractivity contribution is 5.68. The number of rotatable bonds is 4. The molecule has 8 nitrogen and oxygen atoms in total. The number of piperazine rings is 1. The summed E-state index contributed by atoms with van der Waals surface area (Å²) < 4.78 is 5.39. The van der Waals surface area contributed by atoms with Crippen LogP contribution in [0.15, 0.2) is 0 Å². The average molecular weight is 310 g/mol. The van der Waals surface area contributed by atoms with Crippen molar-refractivity contribution in [2.75, 3.05) is 32.7 Å². The summed E-state index contributed by atoms with van der Waals surface area (Å²) >= 11 is 0. The quantitative estimate of drug-likeness (QED) is 0.833. The minimum absolute atomic E-state index is 0.239. The van der Waals surface area contributed by atoms with E-state index in [0.29, 0.717) is 32.6 Å². The average Bonchev–Trinajstić information content (AvgIpc) is 2.85. The molecule has 1 saturated heterocycles. The fourth-order valence-corrected chi connectivity index (χ4v) is 2.27. The van der Waals surface area contributed by atoms with E-state index in [2.05, 4.69) is 20.1 Å². The lowest BCUT2D eigenvalue weighted by atomic mass is 10.2. The number of H-pyrrole nitrogens is 1. The van der Waals surface area contributed by atoms with Crippen LogP contribution in [0.25, 0.3) is 0 Å². The number of carbonyl (C=O) groups excluding carboxylic acids is 1. The lowest BCUT2D eigenvalue weighted by Gasteiger charge is -2.35. The van der Waals surface area contributed by atoms with Crippen LogP contribution in [0.4, 0.5) is 4.79 Å². The first-order valence-electron chi connectivity index (χ1n) is 7.68. The van der Waals surface area contributed by atoms with Crippen molar-refractivity contribution in [3.05, 3.63) is 11.6 Å². The Labute approximate surface area is 131 Å². The third-order valence-electron chi connectivity index (χ3n) is 3.34. The molecule has 1 aliphatic heterocycles. The van der Waals surface area contributed by atoms with E-state index >= 15 is 0 Å². The summed E-state index contributed by atoms with van der Waals surface area (Å²) in [5.41, 5.74) is 5.04. The molecule has 124 valence electrons. The largest absolute Gasteiger partial charge is 0.444 e. The minimum atomic E-state index is -0.451. The van der Waals surface area contributed by atoms with Gasteiger partial charge in [-0.3, -0.25) is 10.00 Å². The SMILES string of the molecule is CC(C)(C)OC(=O)N1CCN(Cc2nc(CCN)n[nH]2)CC1. The number of aromatic nitrogens is 3. The van der Waals surface area contributed by atoms with Gasteiger partial charge in [-0.2, -0.15) is 5.10 Å². The monoisotopic (exact) mass is 310 g/mol. The molecule has 0 unspecified atom stereocenters. The van der Waals surface area contributed by atoms with Gasteiger partial charge in [0.1, 0.15) is 11.4 Å². The Balaban J connectivity index is 1.78. The third-order valence-corrected chi connectivity index (χ3v) is 3.34. The van der Waals surface area contributed by atoms with Gasteiger partial charge in [-0.05, 0) is 27.3 Å². The first kappa shape index (κ1) is 16.7. The molecule has 1 amide bonds. The van der Waals surface area contributed by atoms with Crippen molar-refractivity contribution in [3.8, 4) is 0 Å². The maximum atomic E-state index is 12.0. The van der Waals surface area contributed by atoms with Crippen LogP contribution in [0.3, 0.4) is 0 Å². The fourth-order valence-electron chi connectivity index (χ4n) is 2.27. The molecule has 1 fully saturated rings. The van der Waals surface area contributed by atoms with Gasteiger partial charge in [0, 0.05) is 32.6 Å². The summed E-state index contributed by atoms with van der Waals surface area (Å²) in [4.78, 5) is 20.4. The summed E-state index contributed by atoms with van der Waals surface area (Å²) in [6.07, 6.45) is 0.445. The molecule has 0 bridgehead atoms. The van der Waals surface area contributed by atoms with Crippen LogP contribution in [0.1, 0.15) is 32.4 Å². The topological polar surface area (TPSA) is 100 Å². The number of nitrogens with two attached hydrogens (primary N) is 1. The number of hydrogen-bond donors (Lipinski definition) is 2. The zero-order valence-corrected chi connectivity index (χ0v) is 13.6. The molecule has 0 aromatic carbocycles. The number of aromatic amines is 1. The van der Waals surface area contributed by atoms with Gasteiger partial charge in [0.25, 0.3) is 0 Å². The van der Waals surface area contributed by atoms with Gasteiger partial charge < -0.3 is 15.4 Å². The molecule has 1 aromatic rings. The fraction of sp³-hybridized carbons (Fsp3) is 0.786. The van der Waals surface area contributed by atoms with E-state index in [1.807, 2.05) is 20.8 Å². The van der Waals surface area contributed by atoms with Crippen molar-refractivity contribution in [3.63, 3.8) is 0 Å². The Kier molecular flexibility index (Phi) is 5.36. The number of carbonyl (C=O) groups is 1. The molecule has 3 N–H and O–H groups in total. The first-order valence-corrected chi connectivity index (χ1v) is 7.68. The van der Waals surface area contributed by atoms with E-state index in [4.69, 9.17) is 10.5 Å². The van der Waals surface area contributed by atoms with Crippen molar-refractivity contribution in [1.82, 2.24) is 25.0 Å². The van der Waals surface area contributed by atoms with E-state index in [1.54, 1.807) is 4.90 Å². The maximum Gasteiger partial charge on any atom is 0.410 e. The molecule has 0 atom stereocenters. The Morgan fingerprint density at radius 1 is 1.32 bits per heavy atom. The smallest absolute Gasteiger partial charge is 0.410 e. The molecule has 22 heavy (non-hydrogen) atoms. The maximum absolute atomic E-state index is 12.0. The normalized spacial score (nSPS) is 16.8. The van der Waals surface area contributed by atoms with E-state index in [0.717, 1.165) is 24.7 Å². The van der Waals surface area contributed by atoms with Gasteiger partial charge >= 0.3 is 6.09 Å². The second-order valence-electron chi connectivity index (χ2n) is 6.48. The highest BCUT2D eigenvalue weighted by Crippen LogP contribution is 2.12. The van der Waals surface area contributed by atoms with Gasteiger partial charge in [0.15, 0.2) is 5.82 Å². The van der Waals surface area contributed by atoms with Gasteiger partial charge in [-0.15, -0.1) is 0 Å². The van der Waals surface area contributed by atoms with Crippen molar-refractivity contribution < 1.29 is 9.53 Å². The van der Waals surface area contributed by atoms with Gasteiger partial charge in [-0.1, -0.05) is 0 Å². The first-order chi connectivity index (χ1) is 10.4. The zero-order chi connectivity index (χ0) is 16.2. The van der Waals surface area contributed by atoms with E-state index in [9.17, 15) is 4.79 Å². The van der Waals surface area contributed by atoms with Gasteiger partial charge in [-0.25, -0.2) is 9.78 Å². The summed E-state index contributed by atoms with van der Waals surface area (Å²) in [6, 6.07) is 0. The highest BCUT2D eigenvalue weighted by Gasteiger charge is 2.26. The number of hydrogen-bond acceptors (Lipinski definition) is 6. The van der Waals surface area contributed by atoms with Crippen molar-refractivity contribution in [2.24, 2.45) is 5.73 Å². The summed E-state index contributed by atoms with van der Waals surface area (Å²) in [6.45, 7) is 9.82. The second-order valence-corrected chi connectivity index (χ2v) is 6.48. The Morgan fingerprint density at radius 2 is 2.00 bits per heavy atom. The lowest BCUT2D eigenvalue weighted by Crippen LogP contribution is -2.49. The van der Waals surface area contributed by atoms with Crippen LogP contribution in [0, 0.1) is 0 Å². The predicted octanol–water partition coefficient (Wildman–Crippen LogP) is 0.359. The number of ether oxygens (including phenoxy) is 1. The number of amides is 1. The van der Waals surface area contributed by atoms with E-state index in [1.165, 1.54) is 0 Å². The van der Waals surface area contributed by atoms with Gasteiger partial charge in [0.2, 0.25) is 0 Å². The summed E-state index contributed by atoms with van der Waals surface area (Å²) in [5, 5.41) is 7.07. The molecule has 2 heterocycles. The molecule has 0 saturated carbocycles. The third kappa shape index (κ3) is 4.96. The molecule has 8 heteroatoms. The van der Waals surface area contributed by atoms with Crippen LogP contribution >= 0.6 is 0 Å². The van der Waals surface area contributed by atoms with Crippen LogP contribution in [0.5, 0.6) is 0 Å². The minimum Gasteiger partial charge on any atom is -0.444 e. The number of nitrogens with zero attached hydrogens (tertiary/aromatic N) is 4. The van der Waals surface area contributed by atoms with E-state index in [-0.39, 0.29) is 6.09 Å². The van der Waals surface area contributed by atoms with Crippen LogP contribution in [-0.2, 0) is 17.7 Å². The summed E-state index contributed by atoms with van der Waals surface area (Å²) in [7, 11) is 0. The molecule has 1 aliphatic rings. The Hall–Kier alpha value is -1.67. The van der Waals surface area contributed by atoms with Crippen molar-refractivity contribution >= 4 is 6.09 Å². The molecular formula is C14H26N6O2. The molecule has 0 spiro atoms. The molecule has 1 aromatic heterocycles. The molecule has 2 rings (SSSR count). The molecule has 0 radical (unpaired) electrons. The molecular weight excluding hydrogens is 284 g/mol. The number of nitrogens with one attached hydrogen (secondary N) is 1.